The number of aliphatic carboxylic acids is 1. The first kappa shape index (κ1) is 31.4. The van der Waals surface area contributed by atoms with Gasteiger partial charge in [-0.15, -0.1) is 0 Å². The van der Waals surface area contributed by atoms with Crippen molar-refractivity contribution in [3.05, 3.63) is 46.8 Å². The van der Waals surface area contributed by atoms with Crippen molar-refractivity contribution in [1.29, 1.82) is 0 Å². The van der Waals surface area contributed by atoms with Gasteiger partial charge in [0, 0.05) is 41.1 Å². The minimum absolute atomic E-state index is 0. The Labute approximate surface area is 229 Å². The van der Waals surface area contributed by atoms with E-state index in [-0.39, 0.29) is 71.9 Å². The average molecular weight is 499 g/mol. The van der Waals surface area contributed by atoms with Crippen LogP contribution in [-0.2, 0) is 4.79 Å². The number of hydrogen-bond acceptors (Lipinski definition) is 6. The van der Waals surface area contributed by atoms with Gasteiger partial charge >= 0.3 is 29.6 Å². The molecular formula is C27H36FNaO6. The molecule has 0 saturated carbocycles. The van der Waals surface area contributed by atoms with E-state index in [1.807, 2.05) is 41.5 Å². The Kier molecular flexibility index (Phi) is 12.2. The van der Waals surface area contributed by atoms with E-state index in [2.05, 4.69) is 0 Å². The van der Waals surface area contributed by atoms with E-state index in [1.165, 1.54) is 12.1 Å². The zero-order chi connectivity index (χ0) is 25.7. The molecule has 0 aliphatic heterocycles. The molecule has 0 aromatic heterocycles. The first-order valence-corrected chi connectivity index (χ1v) is 11.7. The van der Waals surface area contributed by atoms with Crippen LogP contribution in [0.3, 0.4) is 0 Å². The summed E-state index contributed by atoms with van der Waals surface area (Å²) in [6.45, 7) is 11.7. The van der Waals surface area contributed by atoms with Crippen LogP contribution in [0.4, 0.5) is 4.39 Å². The molecule has 0 spiro atoms. The average Bonchev–Trinajstić information content (AvgIpc) is 2.71. The fraction of sp³-hybridized carbons (Fsp3) is 0.519. The van der Waals surface area contributed by atoms with E-state index in [9.17, 15) is 29.6 Å². The molecule has 2 aromatic rings. The Morgan fingerprint density at radius 3 is 1.89 bits per heavy atom. The Morgan fingerprint density at radius 1 is 0.914 bits per heavy atom. The SMILES string of the molecule is CC(C)c1c(OC[C@@H](O)C[C@@H](O)CC(=O)[O-])c(C(C)C)c(C(C)C)c(O)c1-c1ccc(F)cc1.[Na+]. The van der Waals surface area contributed by atoms with Crippen LogP contribution in [0.2, 0.25) is 0 Å². The molecule has 2 atom stereocenters. The Hall–Kier alpha value is -1.64. The number of aromatic hydroxyl groups is 1. The van der Waals surface area contributed by atoms with Crippen LogP contribution in [0, 0.1) is 5.82 Å². The minimum atomic E-state index is -1.39. The van der Waals surface area contributed by atoms with E-state index in [0.29, 0.717) is 16.9 Å². The molecule has 0 aliphatic rings. The molecule has 0 bridgehead atoms. The first-order chi connectivity index (χ1) is 15.8. The monoisotopic (exact) mass is 498 g/mol. The predicted molar refractivity (Wildman–Crippen MR) is 128 cm³/mol. The number of rotatable bonds is 11. The largest absolute Gasteiger partial charge is 1.00 e. The van der Waals surface area contributed by atoms with E-state index < -0.39 is 24.6 Å². The normalized spacial score (nSPS) is 13.1. The summed E-state index contributed by atoms with van der Waals surface area (Å²) in [6, 6.07) is 5.91. The van der Waals surface area contributed by atoms with Crippen molar-refractivity contribution in [3.8, 4) is 22.6 Å². The molecule has 188 valence electrons. The van der Waals surface area contributed by atoms with Gasteiger partial charge in [0.25, 0.3) is 0 Å². The fourth-order valence-electron chi connectivity index (χ4n) is 4.38. The van der Waals surface area contributed by atoms with E-state index in [4.69, 9.17) is 4.74 Å². The maximum Gasteiger partial charge on any atom is 1.00 e. The summed E-state index contributed by atoms with van der Waals surface area (Å²) < 4.78 is 19.8. The number of benzene rings is 2. The molecule has 0 unspecified atom stereocenters. The summed E-state index contributed by atoms with van der Waals surface area (Å²) in [5.74, 6) is -1.25. The van der Waals surface area contributed by atoms with Gasteiger partial charge in [0.15, 0.2) is 0 Å². The molecule has 35 heavy (non-hydrogen) atoms. The maximum atomic E-state index is 13.6. The van der Waals surface area contributed by atoms with Crippen molar-refractivity contribution >= 4 is 5.97 Å². The zero-order valence-electron chi connectivity index (χ0n) is 21.8. The third-order valence-electron chi connectivity index (χ3n) is 5.77. The summed E-state index contributed by atoms with van der Waals surface area (Å²) in [7, 11) is 0. The summed E-state index contributed by atoms with van der Waals surface area (Å²) in [4.78, 5) is 10.7. The van der Waals surface area contributed by atoms with Crippen LogP contribution in [0.25, 0.3) is 11.1 Å². The van der Waals surface area contributed by atoms with Gasteiger partial charge in [-0.3, -0.25) is 0 Å². The van der Waals surface area contributed by atoms with Gasteiger partial charge in [0.2, 0.25) is 0 Å². The van der Waals surface area contributed by atoms with Crippen LogP contribution in [0.1, 0.15) is 88.8 Å². The van der Waals surface area contributed by atoms with Crippen molar-refractivity contribution in [1.82, 2.24) is 0 Å². The molecule has 0 saturated heterocycles. The molecule has 0 heterocycles. The van der Waals surface area contributed by atoms with Crippen molar-refractivity contribution in [2.24, 2.45) is 0 Å². The number of aliphatic hydroxyl groups is 2. The Bertz CT molecular complexity index is 988. The molecule has 0 radical (unpaired) electrons. The molecule has 2 aromatic carbocycles. The number of carbonyl (C=O) groups excluding carboxylic acids is 1. The standard InChI is InChI=1S/C27H37FO6.Na/c1-14(2)22-23(15(3)4)27(34-13-20(30)11-19(29)12-21(31)32)24(16(5)6)25(26(22)33)17-7-9-18(28)10-8-17;/h7-10,14-16,19-20,29-30,33H,11-13H2,1-6H3,(H,31,32);/q;+1/p-1/t19-,20+;/m1./s1. The van der Waals surface area contributed by atoms with Crippen molar-refractivity contribution in [2.45, 2.75) is 84.3 Å². The third kappa shape index (κ3) is 7.92. The Morgan fingerprint density at radius 2 is 1.43 bits per heavy atom. The number of aliphatic hydroxyl groups excluding tert-OH is 2. The smallest absolute Gasteiger partial charge is 0.550 e. The number of carboxylic acid groups (broad SMARTS) is 1. The number of phenolic OH excluding ortho intramolecular Hbond substituents is 1. The number of ether oxygens (including phenoxy) is 1. The number of hydrogen-bond donors (Lipinski definition) is 3. The van der Waals surface area contributed by atoms with Crippen LogP contribution in [-0.4, -0.2) is 40.1 Å². The summed E-state index contributed by atoms with van der Waals surface area (Å²) >= 11 is 0. The van der Waals surface area contributed by atoms with Gasteiger partial charge in [0.1, 0.15) is 23.9 Å². The van der Waals surface area contributed by atoms with Crippen LogP contribution in [0.5, 0.6) is 11.5 Å². The van der Waals surface area contributed by atoms with Crippen molar-refractivity contribution in [2.75, 3.05) is 6.61 Å². The number of halogens is 1. The van der Waals surface area contributed by atoms with E-state index in [1.54, 1.807) is 12.1 Å². The number of carbonyl (C=O) groups is 1. The van der Waals surface area contributed by atoms with Crippen LogP contribution < -0.4 is 39.4 Å². The number of phenols is 1. The summed E-state index contributed by atoms with van der Waals surface area (Å²) in [5, 5.41) is 42.4. The van der Waals surface area contributed by atoms with Crippen molar-refractivity contribution < 1.29 is 63.9 Å². The van der Waals surface area contributed by atoms with Gasteiger partial charge in [-0.1, -0.05) is 53.7 Å². The molecule has 8 heteroatoms. The third-order valence-corrected chi connectivity index (χ3v) is 5.77. The number of carboxylic acids is 1. The fourth-order valence-corrected chi connectivity index (χ4v) is 4.38. The first-order valence-electron chi connectivity index (χ1n) is 11.7. The molecule has 0 aliphatic carbocycles. The van der Waals surface area contributed by atoms with Gasteiger partial charge in [-0.25, -0.2) is 4.39 Å². The van der Waals surface area contributed by atoms with E-state index in [0.717, 1.165) is 16.7 Å². The van der Waals surface area contributed by atoms with Gasteiger partial charge in [-0.2, -0.15) is 0 Å². The Balaban J connectivity index is 0.00000612. The molecular weight excluding hydrogens is 462 g/mol. The second-order valence-electron chi connectivity index (χ2n) is 9.70. The van der Waals surface area contributed by atoms with Crippen LogP contribution >= 0.6 is 0 Å². The van der Waals surface area contributed by atoms with E-state index >= 15 is 0 Å². The van der Waals surface area contributed by atoms with Gasteiger partial charge in [0.05, 0.1) is 12.2 Å². The molecule has 0 fully saturated rings. The second-order valence-corrected chi connectivity index (χ2v) is 9.70. The van der Waals surface area contributed by atoms with Crippen LogP contribution in [0.15, 0.2) is 24.3 Å². The van der Waals surface area contributed by atoms with Gasteiger partial charge in [-0.05, 0) is 35.4 Å². The quantitative estimate of drug-likeness (QED) is 0.402. The molecule has 6 nitrogen and oxygen atoms in total. The topological polar surface area (TPSA) is 110 Å². The second kappa shape index (κ2) is 13.6. The molecule has 2 rings (SSSR count). The molecule has 3 N–H and O–H groups in total. The summed E-state index contributed by atoms with van der Waals surface area (Å²) in [6.07, 6.45) is -3.11. The van der Waals surface area contributed by atoms with Crippen molar-refractivity contribution in [3.63, 3.8) is 0 Å². The minimum Gasteiger partial charge on any atom is -0.550 e. The zero-order valence-corrected chi connectivity index (χ0v) is 23.8. The molecule has 0 amide bonds. The van der Waals surface area contributed by atoms with Gasteiger partial charge < -0.3 is 30.0 Å². The maximum absolute atomic E-state index is 13.6. The predicted octanol–water partition coefficient (Wildman–Crippen LogP) is 1.20. The summed E-state index contributed by atoms with van der Waals surface area (Å²) in [5.41, 5.74) is 3.49.